The van der Waals surface area contributed by atoms with E-state index < -0.39 is 0 Å². The molecule has 0 aliphatic rings. The van der Waals surface area contributed by atoms with E-state index >= 15 is 0 Å². The molecule has 0 spiro atoms. The SMILES string of the molecule is CN(CCCCCc1cc(-c2cccc(F)c2)n[nH]1)C(=O)CCc1ncc(-c2ccccc2F)o1. The number of rotatable bonds is 11. The first-order valence-electron chi connectivity index (χ1n) is 11.7. The minimum absolute atomic E-state index is 0.0175. The second kappa shape index (κ2) is 11.6. The van der Waals surface area contributed by atoms with Crippen molar-refractivity contribution in [2.75, 3.05) is 13.6 Å². The Labute approximate surface area is 203 Å². The van der Waals surface area contributed by atoms with Gasteiger partial charge in [-0.1, -0.05) is 30.7 Å². The molecule has 0 radical (unpaired) electrons. The number of aromatic nitrogens is 3. The van der Waals surface area contributed by atoms with Gasteiger partial charge in [-0.25, -0.2) is 13.8 Å². The predicted molar refractivity (Wildman–Crippen MR) is 129 cm³/mol. The summed E-state index contributed by atoms with van der Waals surface area (Å²) in [5, 5.41) is 7.29. The standard InChI is InChI=1S/C27H28F2N4O2/c1-33(27(34)14-13-26-30-18-25(35-26)22-11-4-5-12-23(22)29)15-6-2-3-10-21-17-24(32-31-21)19-8-7-9-20(28)16-19/h4-5,7-9,11-12,16-18H,2-3,6,10,13-15H2,1H3,(H,31,32). The molecule has 0 atom stereocenters. The van der Waals surface area contributed by atoms with Crippen molar-refractivity contribution < 1.29 is 18.0 Å². The molecular weight excluding hydrogens is 450 g/mol. The lowest BCUT2D eigenvalue weighted by molar-refractivity contribution is -0.130. The molecule has 0 saturated heterocycles. The maximum absolute atomic E-state index is 13.9. The molecule has 0 aliphatic carbocycles. The molecule has 0 saturated carbocycles. The summed E-state index contributed by atoms with van der Waals surface area (Å²) in [7, 11) is 1.79. The summed E-state index contributed by atoms with van der Waals surface area (Å²) in [6, 6.07) is 14.7. The molecule has 35 heavy (non-hydrogen) atoms. The molecule has 0 fully saturated rings. The molecule has 4 rings (SSSR count). The monoisotopic (exact) mass is 478 g/mol. The lowest BCUT2D eigenvalue weighted by Crippen LogP contribution is -2.27. The number of H-pyrrole nitrogens is 1. The molecule has 2 heterocycles. The molecule has 2 aromatic heterocycles. The van der Waals surface area contributed by atoms with Gasteiger partial charge in [-0.15, -0.1) is 0 Å². The second-order valence-corrected chi connectivity index (χ2v) is 8.51. The first-order chi connectivity index (χ1) is 17.0. The number of hydrogen-bond acceptors (Lipinski definition) is 4. The predicted octanol–water partition coefficient (Wildman–Crippen LogP) is 5.81. The van der Waals surface area contributed by atoms with Crippen LogP contribution < -0.4 is 0 Å². The van der Waals surface area contributed by atoms with Crippen LogP contribution >= 0.6 is 0 Å². The van der Waals surface area contributed by atoms with Crippen molar-refractivity contribution in [1.82, 2.24) is 20.1 Å². The van der Waals surface area contributed by atoms with Crippen LogP contribution in [0.3, 0.4) is 0 Å². The van der Waals surface area contributed by atoms with E-state index in [0.29, 0.717) is 30.2 Å². The highest BCUT2D eigenvalue weighted by atomic mass is 19.1. The zero-order chi connectivity index (χ0) is 24.6. The van der Waals surface area contributed by atoms with Gasteiger partial charge in [0.1, 0.15) is 11.6 Å². The lowest BCUT2D eigenvalue weighted by atomic mass is 10.1. The maximum Gasteiger partial charge on any atom is 0.222 e. The number of nitrogens with one attached hydrogen (secondary N) is 1. The van der Waals surface area contributed by atoms with Crippen LogP contribution in [-0.4, -0.2) is 39.6 Å². The third kappa shape index (κ3) is 6.62. The van der Waals surface area contributed by atoms with Gasteiger partial charge in [0.2, 0.25) is 5.91 Å². The van der Waals surface area contributed by atoms with Crippen molar-refractivity contribution in [3.8, 4) is 22.6 Å². The van der Waals surface area contributed by atoms with Crippen LogP contribution in [0.5, 0.6) is 0 Å². The van der Waals surface area contributed by atoms with E-state index in [0.717, 1.165) is 42.6 Å². The Bertz CT molecular complexity index is 1270. The third-order valence-electron chi connectivity index (χ3n) is 5.86. The van der Waals surface area contributed by atoms with Crippen molar-refractivity contribution in [3.63, 3.8) is 0 Å². The van der Waals surface area contributed by atoms with E-state index in [2.05, 4.69) is 15.2 Å². The zero-order valence-electron chi connectivity index (χ0n) is 19.6. The summed E-state index contributed by atoms with van der Waals surface area (Å²) in [6.07, 6.45) is 5.80. The minimum atomic E-state index is -0.370. The van der Waals surface area contributed by atoms with Crippen LogP contribution in [0.1, 0.15) is 37.3 Å². The van der Waals surface area contributed by atoms with Gasteiger partial charge in [-0.3, -0.25) is 9.89 Å². The average molecular weight is 479 g/mol. The van der Waals surface area contributed by atoms with Crippen LogP contribution in [0.15, 0.2) is 65.2 Å². The Morgan fingerprint density at radius 1 is 1.03 bits per heavy atom. The average Bonchev–Trinajstić information content (AvgIpc) is 3.52. The summed E-state index contributed by atoms with van der Waals surface area (Å²) in [6.45, 7) is 0.669. The molecule has 0 bridgehead atoms. The van der Waals surface area contributed by atoms with E-state index in [-0.39, 0.29) is 24.0 Å². The minimum Gasteiger partial charge on any atom is -0.441 e. The largest absolute Gasteiger partial charge is 0.441 e. The Morgan fingerprint density at radius 2 is 1.89 bits per heavy atom. The maximum atomic E-state index is 13.9. The topological polar surface area (TPSA) is 75.0 Å². The number of halogens is 2. The summed E-state index contributed by atoms with van der Waals surface area (Å²) < 4.78 is 32.9. The Morgan fingerprint density at radius 3 is 2.71 bits per heavy atom. The number of unbranched alkanes of at least 4 members (excludes halogenated alkanes) is 2. The van der Waals surface area contributed by atoms with Crippen LogP contribution in [0.25, 0.3) is 22.6 Å². The lowest BCUT2D eigenvalue weighted by Gasteiger charge is -2.16. The van der Waals surface area contributed by atoms with Crippen LogP contribution in [0.2, 0.25) is 0 Å². The van der Waals surface area contributed by atoms with Crippen molar-refractivity contribution in [3.05, 3.63) is 84.0 Å². The van der Waals surface area contributed by atoms with E-state index in [4.69, 9.17) is 4.42 Å². The highest BCUT2D eigenvalue weighted by Crippen LogP contribution is 2.24. The van der Waals surface area contributed by atoms with E-state index in [1.807, 2.05) is 12.1 Å². The fourth-order valence-corrected chi connectivity index (χ4v) is 3.87. The van der Waals surface area contributed by atoms with E-state index in [1.165, 1.54) is 24.4 Å². The molecule has 0 aliphatic heterocycles. The van der Waals surface area contributed by atoms with Gasteiger partial charge in [0.05, 0.1) is 17.5 Å². The van der Waals surface area contributed by atoms with Crippen LogP contribution in [0, 0.1) is 11.6 Å². The van der Waals surface area contributed by atoms with Crippen LogP contribution in [-0.2, 0) is 17.6 Å². The third-order valence-corrected chi connectivity index (χ3v) is 5.86. The fourth-order valence-electron chi connectivity index (χ4n) is 3.87. The quantitative estimate of drug-likeness (QED) is 0.276. The summed E-state index contributed by atoms with van der Waals surface area (Å²) in [5.74, 6) is 0.148. The second-order valence-electron chi connectivity index (χ2n) is 8.51. The van der Waals surface area contributed by atoms with Gasteiger partial charge in [-0.2, -0.15) is 5.10 Å². The number of nitrogens with zero attached hydrogens (tertiary/aromatic N) is 3. The number of benzene rings is 2. The van der Waals surface area contributed by atoms with Gasteiger partial charge in [-0.05, 0) is 49.6 Å². The van der Waals surface area contributed by atoms with Gasteiger partial charge in [0.25, 0.3) is 0 Å². The molecule has 4 aromatic rings. The van der Waals surface area contributed by atoms with Gasteiger partial charge >= 0.3 is 0 Å². The smallest absolute Gasteiger partial charge is 0.222 e. The van der Waals surface area contributed by atoms with E-state index in [9.17, 15) is 13.6 Å². The summed E-state index contributed by atoms with van der Waals surface area (Å²) in [4.78, 5) is 18.3. The molecule has 1 amide bonds. The van der Waals surface area contributed by atoms with Gasteiger partial charge in [0.15, 0.2) is 11.7 Å². The van der Waals surface area contributed by atoms with Gasteiger partial charge in [0, 0.05) is 37.7 Å². The summed E-state index contributed by atoms with van der Waals surface area (Å²) >= 11 is 0. The summed E-state index contributed by atoms with van der Waals surface area (Å²) in [5.41, 5.74) is 2.85. The molecule has 6 nitrogen and oxygen atoms in total. The highest BCUT2D eigenvalue weighted by molar-refractivity contribution is 5.76. The van der Waals surface area contributed by atoms with Crippen molar-refractivity contribution in [2.24, 2.45) is 0 Å². The molecule has 0 unspecified atom stereocenters. The zero-order valence-corrected chi connectivity index (χ0v) is 19.6. The normalized spacial score (nSPS) is 11.1. The fraction of sp³-hybridized carbons (Fsp3) is 0.296. The number of carbonyl (C=O) groups is 1. The first-order valence-corrected chi connectivity index (χ1v) is 11.7. The number of aryl methyl sites for hydroxylation is 2. The number of aromatic amines is 1. The molecule has 1 N–H and O–H groups in total. The first kappa shape index (κ1) is 24.3. The molecule has 8 heteroatoms. The van der Waals surface area contributed by atoms with Crippen molar-refractivity contribution >= 4 is 5.91 Å². The van der Waals surface area contributed by atoms with Crippen molar-refractivity contribution in [1.29, 1.82) is 0 Å². The number of oxazole rings is 1. The number of hydrogen-bond donors (Lipinski definition) is 1. The number of amides is 1. The highest BCUT2D eigenvalue weighted by Gasteiger charge is 2.14. The molecule has 182 valence electrons. The molecular formula is C27H28F2N4O2. The number of carbonyl (C=O) groups excluding carboxylic acids is 1. The molecule has 2 aromatic carbocycles. The van der Waals surface area contributed by atoms with E-state index in [1.54, 1.807) is 36.2 Å². The Balaban J connectivity index is 1.14. The van der Waals surface area contributed by atoms with Gasteiger partial charge < -0.3 is 9.32 Å². The Hall–Kier alpha value is -3.81. The van der Waals surface area contributed by atoms with Crippen LogP contribution in [0.4, 0.5) is 8.78 Å². The Kier molecular flexibility index (Phi) is 8.03. The van der Waals surface area contributed by atoms with Crippen molar-refractivity contribution in [2.45, 2.75) is 38.5 Å².